The molecule has 0 aromatic heterocycles. The van der Waals surface area contributed by atoms with E-state index >= 15 is 0 Å². The number of carbonyl (C=O) groups is 1. The molecular formula is C9H15NO3. The highest BCUT2D eigenvalue weighted by atomic mass is 16.3. The Morgan fingerprint density at radius 3 is 2.69 bits per heavy atom. The maximum atomic E-state index is 11.6. The molecule has 13 heavy (non-hydrogen) atoms. The summed E-state index contributed by atoms with van der Waals surface area (Å²) in [6, 6.07) is 0. The van der Waals surface area contributed by atoms with E-state index in [0.717, 1.165) is 6.54 Å². The molecule has 1 aliphatic carbocycles. The van der Waals surface area contributed by atoms with Gasteiger partial charge in [-0.25, -0.2) is 0 Å². The average Bonchev–Trinajstić information content (AvgIpc) is 2.75. The molecule has 1 saturated heterocycles. The molecule has 74 valence electrons. The Bertz CT molecular complexity index is 219. The number of aliphatic hydroxyl groups is 2. The summed E-state index contributed by atoms with van der Waals surface area (Å²) < 4.78 is 0. The van der Waals surface area contributed by atoms with E-state index in [9.17, 15) is 4.79 Å². The molecule has 1 heterocycles. The molecule has 2 aliphatic rings. The molecule has 0 radical (unpaired) electrons. The first kappa shape index (κ1) is 8.97. The summed E-state index contributed by atoms with van der Waals surface area (Å²) in [5, 5.41) is 17.5. The van der Waals surface area contributed by atoms with Crippen LogP contribution in [0.25, 0.3) is 0 Å². The van der Waals surface area contributed by atoms with E-state index in [0.29, 0.717) is 18.9 Å². The molecule has 2 rings (SSSR count). The molecule has 4 nitrogen and oxygen atoms in total. The Hall–Kier alpha value is -0.610. The van der Waals surface area contributed by atoms with Crippen LogP contribution in [0.1, 0.15) is 6.42 Å². The number of aliphatic hydroxyl groups excluding tert-OH is 2. The summed E-state index contributed by atoms with van der Waals surface area (Å²) >= 11 is 0. The normalized spacial score (nSPS) is 36.6. The van der Waals surface area contributed by atoms with Crippen LogP contribution in [0.3, 0.4) is 0 Å². The Labute approximate surface area is 77.2 Å². The number of amides is 1. The fraction of sp³-hybridized carbons (Fsp3) is 0.889. The minimum Gasteiger partial charge on any atom is -0.396 e. The van der Waals surface area contributed by atoms with E-state index in [1.54, 1.807) is 4.90 Å². The lowest BCUT2D eigenvalue weighted by Gasteiger charge is -2.18. The second kappa shape index (κ2) is 3.27. The molecule has 0 spiro atoms. The maximum absolute atomic E-state index is 11.6. The van der Waals surface area contributed by atoms with Crippen LogP contribution in [0.2, 0.25) is 0 Å². The van der Waals surface area contributed by atoms with Crippen molar-refractivity contribution < 1.29 is 15.0 Å². The molecule has 1 saturated carbocycles. The molecular weight excluding hydrogens is 170 g/mol. The fourth-order valence-corrected chi connectivity index (χ4v) is 2.33. The van der Waals surface area contributed by atoms with Crippen molar-refractivity contribution in [3.8, 4) is 0 Å². The zero-order chi connectivity index (χ0) is 9.42. The zero-order valence-electron chi connectivity index (χ0n) is 7.52. The lowest BCUT2D eigenvalue weighted by Crippen LogP contribution is -2.31. The smallest absolute Gasteiger partial charge is 0.226 e. The van der Waals surface area contributed by atoms with Crippen LogP contribution in [0, 0.1) is 17.8 Å². The number of piperidine rings is 1. The van der Waals surface area contributed by atoms with Crippen molar-refractivity contribution in [3.63, 3.8) is 0 Å². The monoisotopic (exact) mass is 185 g/mol. The van der Waals surface area contributed by atoms with Gasteiger partial charge in [0.15, 0.2) is 0 Å². The van der Waals surface area contributed by atoms with Crippen LogP contribution in [0.15, 0.2) is 0 Å². The van der Waals surface area contributed by atoms with Crippen LogP contribution in [0.4, 0.5) is 0 Å². The van der Waals surface area contributed by atoms with Gasteiger partial charge in [-0.15, -0.1) is 0 Å². The van der Waals surface area contributed by atoms with Gasteiger partial charge in [0.05, 0.1) is 0 Å². The van der Waals surface area contributed by atoms with E-state index in [1.165, 1.54) is 0 Å². The van der Waals surface area contributed by atoms with Crippen molar-refractivity contribution >= 4 is 5.91 Å². The molecule has 4 heteroatoms. The Kier molecular flexibility index (Phi) is 2.26. The minimum absolute atomic E-state index is 0.101. The first-order valence-electron chi connectivity index (χ1n) is 4.80. The van der Waals surface area contributed by atoms with Crippen LogP contribution in [0.5, 0.6) is 0 Å². The van der Waals surface area contributed by atoms with Gasteiger partial charge in [-0.3, -0.25) is 4.79 Å². The van der Waals surface area contributed by atoms with E-state index < -0.39 is 0 Å². The standard InChI is InChI=1S/C9H15NO3/c11-3-1-2-10-4-6-7(5-12)8(6)9(10)13/h6-8,11-12H,1-5H2. The summed E-state index contributed by atoms with van der Waals surface area (Å²) in [7, 11) is 0. The first-order chi connectivity index (χ1) is 6.29. The molecule has 0 aromatic carbocycles. The molecule has 3 unspecified atom stereocenters. The van der Waals surface area contributed by atoms with Gasteiger partial charge < -0.3 is 15.1 Å². The zero-order valence-corrected chi connectivity index (χ0v) is 7.52. The Morgan fingerprint density at radius 2 is 2.23 bits per heavy atom. The SMILES string of the molecule is O=C1C2C(CO)C2CN1CCCO. The number of nitrogens with zero attached hydrogens (tertiary/aromatic N) is 1. The van der Waals surface area contributed by atoms with E-state index in [-0.39, 0.29) is 31.0 Å². The lowest BCUT2D eigenvalue weighted by molar-refractivity contribution is -0.130. The number of likely N-dealkylation sites (tertiary alicyclic amines) is 1. The van der Waals surface area contributed by atoms with Gasteiger partial charge in [-0.2, -0.15) is 0 Å². The number of rotatable bonds is 4. The highest BCUT2D eigenvalue weighted by Crippen LogP contribution is 2.51. The van der Waals surface area contributed by atoms with Crippen LogP contribution < -0.4 is 0 Å². The van der Waals surface area contributed by atoms with Crippen LogP contribution in [-0.2, 0) is 4.79 Å². The van der Waals surface area contributed by atoms with E-state index in [4.69, 9.17) is 10.2 Å². The van der Waals surface area contributed by atoms with Gasteiger partial charge in [0.25, 0.3) is 0 Å². The van der Waals surface area contributed by atoms with E-state index in [1.807, 2.05) is 0 Å². The topological polar surface area (TPSA) is 60.8 Å². The molecule has 2 N–H and O–H groups in total. The third-order valence-corrected chi connectivity index (χ3v) is 3.16. The highest BCUT2D eigenvalue weighted by Gasteiger charge is 2.60. The number of hydrogen-bond donors (Lipinski definition) is 2. The van der Waals surface area contributed by atoms with Gasteiger partial charge in [0.2, 0.25) is 5.91 Å². The predicted octanol–water partition coefficient (Wildman–Crippen LogP) is -0.935. The molecule has 3 atom stereocenters. The van der Waals surface area contributed by atoms with Crippen LogP contribution in [-0.4, -0.2) is 47.3 Å². The minimum atomic E-state index is 0.101. The average molecular weight is 185 g/mol. The predicted molar refractivity (Wildman–Crippen MR) is 45.8 cm³/mol. The molecule has 1 amide bonds. The number of carbonyl (C=O) groups excluding carboxylic acids is 1. The van der Waals surface area contributed by atoms with Crippen molar-refractivity contribution in [1.29, 1.82) is 0 Å². The van der Waals surface area contributed by atoms with Crippen molar-refractivity contribution in [2.24, 2.45) is 17.8 Å². The lowest BCUT2D eigenvalue weighted by atomic mass is 10.2. The summed E-state index contributed by atoms with van der Waals surface area (Å²) in [6.45, 7) is 1.74. The molecule has 0 bridgehead atoms. The van der Waals surface area contributed by atoms with Gasteiger partial charge in [-0.1, -0.05) is 0 Å². The number of hydrogen-bond acceptors (Lipinski definition) is 3. The highest BCUT2D eigenvalue weighted by molar-refractivity contribution is 5.85. The largest absolute Gasteiger partial charge is 0.396 e. The Morgan fingerprint density at radius 1 is 1.46 bits per heavy atom. The third-order valence-electron chi connectivity index (χ3n) is 3.16. The van der Waals surface area contributed by atoms with Crippen LogP contribution >= 0.6 is 0 Å². The molecule has 1 aliphatic heterocycles. The van der Waals surface area contributed by atoms with Gasteiger partial charge >= 0.3 is 0 Å². The van der Waals surface area contributed by atoms with Gasteiger partial charge in [-0.05, 0) is 18.3 Å². The molecule has 0 aromatic rings. The fourth-order valence-electron chi connectivity index (χ4n) is 2.33. The summed E-state index contributed by atoms with van der Waals surface area (Å²) in [4.78, 5) is 13.4. The van der Waals surface area contributed by atoms with E-state index in [2.05, 4.69) is 0 Å². The Balaban J connectivity index is 1.84. The maximum Gasteiger partial charge on any atom is 0.226 e. The van der Waals surface area contributed by atoms with Crippen molar-refractivity contribution in [1.82, 2.24) is 4.90 Å². The van der Waals surface area contributed by atoms with Crippen molar-refractivity contribution in [2.45, 2.75) is 6.42 Å². The summed E-state index contributed by atoms with van der Waals surface area (Å²) in [6.07, 6.45) is 0.662. The summed E-state index contributed by atoms with van der Waals surface area (Å²) in [5.74, 6) is 0.912. The van der Waals surface area contributed by atoms with Gasteiger partial charge in [0.1, 0.15) is 0 Å². The van der Waals surface area contributed by atoms with Gasteiger partial charge in [0, 0.05) is 32.2 Å². The molecule has 2 fully saturated rings. The first-order valence-corrected chi connectivity index (χ1v) is 4.80. The van der Waals surface area contributed by atoms with Crippen molar-refractivity contribution in [3.05, 3.63) is 0 Å². The third kappa shape index (κ3) is 1.34. The van der Waals surface area contributed by atoms with Crippen molar-refractivity contribution in [2.75, 3.05) is 26.3 Å². The summed E-state index contributed by atoms with van der Waals surface area (Å²) in [5.41, 5.74) is 0. The second-order valence-corrected chi connectivity index (χ2v) is 3.90. The second-order valence-electron chi connectivity index (χ2n) is 3.90. The number of fused-ring (bicyclic) bond motifs is 1. The quantitative estimate of drug-likeness (QED) is 0.594.